The van der Waals surface area contributed by atoms with Crippen molar-refractivity contribution in [3.05, 3.63) is 45.6 Å². The number of thiazole rings is 1. The van der Waals surface area contributed by atoms with Crippen molar-refractivity contribution < 1.29 is 0 Å². The highest BCUT2D eigenvalue weighted by atomic mass is 35.5. The summed E-state index contributed by atoms with van der Waals surface area (Å²) in [5, 5.41) is 5.85. The Kier molecular flexibility index (Phi) is 5.69. The number of nitrogens with one attached hydrogen (secondary N) is 1. The van der Waals surface area contributed by atoms with E-state index in [9.17, 15) is 0 Å². The average molecular weight is 276 g/mol. The van der Waals surface area contributed by atoms with Crippen LogP contribution in [0, 0.1) is 0 Å². The maximum absolute atomic E-state index is 5.92. The summed E-state index contributed by atoms with van der Waals surface area (Å²) >= 11 is 7.52. The van der Waals surface area contributed by atoms with Gasteiger partial charge in [-0.25, -0.2) is 9.97 Å². The van der Waals surface area contributed by atoms with Crippen LogP contribution in [0.5, 0.6) is 0 Å². The van der Waals surface area contributed by atoms with Crippen LogP contribution in [0.1, 0.15) is 11.3 Å². The van der Waals surface area contributed by atoms with Gasteiger partial charge in [-0.05, 0) is 6.07 Å². The van der Waals surface area contributed by atoms with Crippen LogP contribution in [0.3, 0.4) is 0 Å². The van der Waals surface area contributed by atoms with Gasteiger partial charge in [0.05, 0.1) is 11.2 Å². The fourth-order valence-corrected chi connectivity index (χ4v) is 1.95. The number of rotatable bonds is 4. The van der Waals surface area contributed by atoms with Gasteiger partial charge in [0.15, 0.2) is 0 Å². The summed E-state index contributed by atoms with van der Waals surface area (Å²) in [6, 6.07) is 3.84. The molecule has 0 spiro atoms. The van der Waals surface area contributed by atoms with Crippen molar-refractivity contribution in [2.45, 2.75) is 13.1 Å². The van der Waals surface area contributed by atoms with Crippen molar-refractivity contribution in [2.75, 3.05) is 0 Å². The molecule has 0 amide bonds. The summed E-state index contributed by atoms with van der Waals surface area (Å²) in [5.74, 6) is 0. The van der Waals surface area contributed by atoms with Gasteiger partial charge in [-0.3, -0.25) is 0 Å². The van der Waals surface area contributed by atoms with Crippen LogP contribution < -0.4 is 5.32 Å². The first-order chi connectivity index (χ1) is 7.36. The molecule has 16 heavy (non-hydrogen) atoms. The van der Waals surface area contributed by atoms with Crippen molar-refractivity contribution >= 4 is 35.3 Å². The zero-order valence-electron chi connectivity index (χ0n) is 8.39. The lowest BCUT2D eigenvalue weighted by Crippen LogP contribution is -2.13. The van der Waals surface area contributed by atoms with Crippen molar-refractivity contribution in [1.29, 1.82) is 0 Å². The molecule has 1 N–H and O–H groups in total. The quantitative estimate of drug-likeness (QED) is 0.872. The second-order valence-corrected chi connectivity index (χ2v) is 4.11. The molecule has 2 heterocycles. The number of aromatic nitrogens is 2. The number of pyridine rings is 1. The minimum absolute atomic E-state index is 0. The Labute approximate surface area is 109 Å². The molecule has 2 aromatic rings. The van der Waals surface area contributed by atoms with Crippen molar-refractivity contribution in [3.8, 4) is 0 Å². The number of hydrogen-bond donors (Lipinski definition) is 1. The first kappa shape index (κ1) is 13.4. The van der Waals surface area contributed by atoms with Gasteiger partial charge in [0.2, 0.25) is 0 Å². The summed E-state index contributed by atoms with van der Waals surface area (Å²) in [7, 11) is 0. The summed E-state index contributed by atoms with van der Waals surface area (Å²) in [4.78, 5) is 8.18. The largest absolute Gasteiger partial charge is 0.307 e. The molecule has 0 aromatic carbocycles. The topological polar surface area (TPSA) is 37.8 Å². The highest BCUT2D eigenvalue weighted by Crippen LogP contribution is 2.11. The van der Waals surface area contributed by atoms with Crippen LogP contribution in [0.2, 0.25) is 5.15 Å². The lowest BCUT2D eigenvalue weighted by atomic mass is 10.3. The fourth-order valence-electron chi connectivity index (χ4n) is 1.20. The summed E-state index contributed by atoms with van der Waals surface area (Å²) < 4.78 is 0. The molecule has 0 bridgehead atoms. The van der Waals surface area contributed by atoms with E-state index in [1.165, 1.54) is 0 Å². The van der Waals surface area contributed by atoms with Crippen LogP contribution in [0.15, 0.2) is 29.2 Å². The fraction of sp³-hybridized carbons (Fsp3) is 0.200. The Morgan fingerprint density at radius 3 is 2.88 bits per heavy atom. The number of nitrogens with zero attached hydrogens (tertiary/aromatic N) is 2. The molecule has 0 radical (unpaired) electrons. The molecule has 0 unspecified atom stereocenters. The second kappa shape index (κ2) is 6.81. The van der Waals surface area contributed by atoms with E-state index in [0.29, 0.717) is 11.7 Å². The number of halogens is 2. The normalized spacial score (nSPS) is 9.81. The molecule has 3 nitrogen and oxygen atoms in total. The summed E-state index contributed by atoms with van der Waals surface area (Å²) in [5.41, 5.74) is 3.89. The van der Waals surface area contributed by atoms with E-state index in [2.05, 4.69) is 15.3 Å². The van der Waals surface area contributed by atoms with E-state index in [1.807, 2.05) is 23.0 Å². The predicted molar refractivity (Wildman–Crippen MR) is 69.2 cm³/mol. The minimum atomic E-state index is 0. The molecule has 6 heteroatoms. The summed E-state index contributed by atoms with van der Waals surface area (Å²) in [6.45, 7) is 1.47. The van der Waals surface area contributed by atoms with Gasteiger partial charge in [-0.1, -0.05) is 17.7 Å². The second-order valence-electron chi connectivity index (χ2n) is 3.04. The Balaban J connectivity index is 0.00000128. The van der Waals surface area contributed by atoms with Gasteiger partial charge in [0, 0.05) is 30.2 Å². The van der Waals surface area contributed by atoms with Crippen LogP contribution in [-0.4, -0.2) is 9.97 Å². The van der Waals surface area contributed by atoms with Crippen LogP contribution in [-0.2, 0) is 13.1 Å². The SMILES string of the molecule is Cl.Clc1ncccc1CNCc1cscn1. The Hall–Kier alpha value is -0.680. The van der Waals surface area contributed by atoms with Crippen molar-refractivity contribution in [2.24, 2.45) is 0 Å². The highest BCUT2D eigenvalue weighted by Gasteiger charge is 2.00. The molecule has 86 valence electrons. The third-order valence-corrected chi connectivity index (χ3v) is 2.92. The number of hydrogen-bond acceptors (Lipinski definition) is 4. The monoisotopic (exact) mass is 275 g/mol. The molecule has 0 aliphatic carbocycles. The molecule has 0 atom stereocenters. The zero-order valence-corrected chi connectivity index (χ0v) is 10.8. The van der Waals surface area contributed by atoms with Gasteiger partial charge in [0.1, 0.15) is 5.15 Å². The molecule has 0 fully saturated rings. The Bertz CT molecular complexity index is 420. The Morgan fingerprint density at radius 2 is 2.19 bits per heavy atom. The van der Waals surface area contributed by atoms with E-state index in [0.717, 1.165) is 17.8 Å². The molecule has 0 saturated heterocycles. The molecule has 0 aliphatic rings. The van der Waals surface area contributed by atoms with Crippen molar-refractivity contribution in [3.63, 3.8) is 0 Å². The average Bonchev–Trinajstić information content (AvgIpc) is 2.74. The Morgan fingerprint density at radius 1 is 1.31 bits per heavy atom. The first-order valence-corrected chi connectivity index (χ1v) is 5.85. The van der Waals surface area contributed by atoms with Crippen LogP contribution in [0.4, 0.5) is 0 Å². The van der Waals surface area contributed by atoms with E-state index >= 15 is 0 Å². The minimum Gasteiger partial charge on any atom is -0.307 e. The maximum atomic E-state index is 5.92. The lowest BCUT2D eigenvalue weighted by molar-refractivity contribution is 0.681. The van der Waals surface area contributed by atoms with Gasteiger partial charge in [-0.15, -0.1) is 23.7 Å². The maximum Gasteiger partial charge on any atom is 0.133 e. The molecular formula is C10H11Cl2N3S. The smallest absolute Gasteiger partial charge is 0.133 e. The predicted octanol–water partition coefficient (Wildman–Crippen LogP) is 2.90. The van der Waals surface area contributed by atoms with Crippen LogP contribution >= 0.6 is 35.3 Å². The third kappa shape index (κ3) is 3.72. The van der Waals surface area contributed by atoms with Crippen LogP contribution in [0.25, 0.3) is 0 Å². The van der Waals surface area contributed by atoms with E-state index in [-0.39, 0.29) is 12.4 Å². The van der Waals surface area contributed by atoms with Gasteiger partial charge in [0.25, 0.3) is 0 Å². The van der Waals surface area contributed by atoms with Crippen molar-refractivity contribution in [1.82, 2.24) is 15.3 Å². The van der Waals surface area contributed by atoms with E-state index < -0.39 is 0 Å². The molecule has 0 saturated carbocycles. The highest BCUT2D eigenvalue weighted by molar-refractivity contribution is 7.07. The molecule has 0 aliphatic heterocycles. The lowest BCUT2D eigenvalue weighted by Gasteiger charge is -2.03. The zero-order chi connectivity index (χ0) is 10.5. The van der Waals surface area contributed by atoms with Gasteiger partial charge < -0.3 is 5.32 Å². The van der Waals surface area contributed by atoms with Gasteiger partial charge >= 0.3 is 0 Å². The standard InChI is InChI=1S/C10H10ClN3S.ClH/c11-10-8(2-1-3-13-10)4-12-5-9-6-15-7-14-9;/h1-3,6-7,12H,4-5H2;1H. The summed E-state index contributed by atoms with van der Waals surface area (Å²) in [6.07, 6.45) is 1.69. The first-order valence-electron chi connectivity index (χ1n) is 4.53. The molecule has 2 aromatic heterocycles. The molecule has 2 rings (SSSR count). The third-order valence-electron chi connectivity index (χ3n) is 1.94. The van der Waals surface area contributed by atoms with Gasteiger partial charge in [-0.2, -0.15) is 0 Å². The molecular weight excluding hydrogens is 265 g/mol. The van der Waals surface area contributed by atoms with E-state index in [4.69, 9.17) is 11.6 Å². The van der Waals surface area contributed by atoms with E-state index in [1.54, 1.807) is 17.5 Å².